The van der Waals surface area contributed by atoms with Crippen molar-refractivity contribution in [3.63, 3.8) is 0 Å². The van der Waals surface area contributed by atoms with Crippen molar-refractivity contribution in [2.24, 2.45) is 16.7 Å². The van der Waals surface area contributed by atoms with Gasteiger partial charge in [-0.25, -0.2) is 9.59 Å². The summed E-state index contributed by atoms with van der Waals surface area (Å²) in [6.45, 7) is 7.15. The lowest BCUT2D eigenvalue weighted by Gasteiger charge is -2.67. The molecule has 0 bridgehead atoms. The van der Waals surface area contributed by atoms with E-state index in [0.717, 1.165) is 16.7 Å². The van der Waals surface area contributed by atoms with Crippen LogP contribution in [0.1, 0.15) is 90.2 Å². The summed E-state index contributed by atoms with van der Waals surface area (Å²) in [6, 6.07) is 18.6. The minimum absolute atomic E-state index is 0.0139. The maximum Gasteiger partial charge on any atom is 0.331 e. The number of rotatable bonds is 10. The molecule has 5 aliphatic rings. The van der Waals surface area contributed by atoms with Crippen molar-refractivity contribution in [2.75, 3.05) is 7.11 Å². The Balaban J connectivity index is 1.18. The summed E-state index contributed by atoms with van der Waals surface area (Å²) >= 11 is 0. The Morgan fingerprint density at radius 3 is 2.16 bits per heavy atom. The quantitative estimate of drug-likeness (QED) is 0.133. The van der Waals surface area contributed by atoms with Crippen molar-refractivity contribution >= 4 is 24.1 Å². The van der Waals surface area contributed by atoms with Crippen LogP contribution in [0.15, 0.2) is 84.5 Å². The van der Waals surface area contributed by atoms with Crippen LogP contribution in [0.4, 0.5) is 0 Å². The molecule has 2 aromatic rings. The van der Waals surface area contributed by atoms with E-state index in [0.29, 0.717) is 25.7 Å². The Bertz CT molecular complexity index is 1860. The number of methoxy groups -OCH3 is 1. The molecule has 3 saturated carbocycles. The van der Waals surface area contributed by atoms with Gasteiger partial charge in [0.05, 0.1) is 23.7 Å². The Morgan fingerprint density at radius 2 is 1.53 bits per heavy atom. The molecule has 1 saturated heterocycles. The predicted molar refractivity (Wildman–Crippen MR) is 212 cm³/mol. The van der Waals surface area contributed by atoms with Crippen LogP contribution in [0, 0.1) is 16.7 Å². The van der Waals surface area contributed by atoms with Gasteiger partial charge in [0.15, 0.2) is 6.29 Å². The van der Waals surface area contributed by atoms with Crippen LogP contribution in [0.5, 0.6) is 0 Å². The highest BCUT2D eigenvalue weighted by Gasteiger charge is 2.81. The van der Waals surface area contributed by atoms with Crippen molar-refractivity contribution in [3.05, 3.63) is 95.6 Å². The van der Waals surface area contributed by atoms with Gasteiger partial charge in [-0.05, 0) is 87.5 Å². The van der Waals surface area contributed by atoms with Crippen LogP contribution in [-0.4, -0.2) is 99.2 Å². The average molecular weight is 787 g/mol. The number of carbonyl (C=O) groups is 2. The van der Waals surface area contributed by atoms with Gasteiger partial charge in [0.2, 0.25) is 0 Å². The van der Waals surface area contributed by atoms with Crippen molar-refractivity contribution in [2.45, 2.75) is 139 Å². The van der Waals surface area contributed by atoms with Gasteiger partial charge in [-0.1, -0.05) is 86.2 Å². The first-order valence-electron chi connectivity index (χ1n) is 20.3. The second kappa shape index (κ2) is 15.8. The number of fused-ring (bicyclic) bond motifs is 5. The summed E-state index contributed by atoms with van der Waals surface area (Å²) in [5, 5.41) is 49.5. The molecule has 4 aliphatic carbocycles. The number of carbonyl (C=O) groups excluding carboxylic acids is 2. The Morgan fingerprint density at radius 1 is 0.895 bits per heavy atom. The molecule has 0 spiro atoms. The SMILES string of the molecule is CO[C@H]1C[C@H](O[C@H]2CC[C@@]3(C)C(=CC[C@]4(O)[C@@H]3C[C@@H](OC(=O)C=Cc3ccccc3)[C@@]3(C)[C@]4(O)CC[C@@]3(O)[C@H](C)OC(=O)C=Cc3ccccc3)C2)O[C@H](C)[C@H]1O. The molecule has 4 fully saturated rings. The molecule has 4 N–H and O–H groups in total. The summed E-state index contributed by atoms with van der Waals surface area (Å²) in [6.07, 6.45) is 5.81. The highest BCUT2D eigenvalue weighted by Crippen LogP contribution is 2.71. The first-order valence-corrected chi connectivity index (χ1v) is 20.3. The molecule has 308 valence electrons. The zero-order valence-corrected chi connectivity index (χ0v) is 33.6. The molecular weight excluding hydrogens is 728 g/mol. The lowest BCUT2D eigenvalue weighted by molar-refractivity contribution is -0.327. The number of hydrogen-bond donors (Lipinski definition) is 4. The van der Waals surface area contributed by atoms with Crippen LogP contribution in [-0.2, 0) is 33.3 Å². The number of esters is 2. The fourth-order valence-electron chi connectivity index (χ4n) is 11.1. The molecular formula is C46H58O11. The molecule has 0 unspecified atom stereocenters. The number of hydrogen-bond acceptors (Lipinski definition) is 11. The second-order valence-electron chi connectivity index (χ2n) is 17.3. The first kappa shape index (κ1) is 41.5. The van der Waals surface area contributed by atoms with Gasteiger partial charge in [0, 0.05) is 31.6 Å². The maximum absolute atomic E-state index is 13.7. The lowest BCUT2D eigenvalue weighted by Crippen LogP contribution is -2.78. The van der Waals surface area contributed by atoms with Crippen molar-refractivity contribution in [1.29, 1.82) is 0 Å². The van der Waals surface area contributed by atoms with E-state index in [1.807, 2.05) is 66.7 Å². The number of aliphatic hydroxyl groups is 4. The van der Waals surface area contributed by atoms with Gasteiger partial charge in [0.1, 0.15) is 35.1 Å². The third-order valence-corrected chi connectivity index (χ3v) is 14.6. The number of ether oxygens (including phenoxy) is 5. The molecule has 7 rings (SSSR count). The van der Waals surface area contributed by atoms with Gasteiger partial charge in [-0.3, -0.25) is 0 Å². The maximum atomic E-state index is 13.7. The molecule has 2 aromatic carbocycles. The van der Waals surface area contributed by atoms with Crippen LogP contribution >= 0.6 is 0 Å². The smallest absolute Gasteiger partial charge is 0.331 e. The monoisotopic (exact) mass is 786 g/mol. The molecule has 57 heavy (non-hydrogen) atoms. The van der Waals surface area contributed by atoms with Crippen molar-refractivity contribution in [1.82, 2.24) is 0 Å². The first-order chi connectivity index (χ1) is 27.1. The third-order valence-electron chi connectivity index (χ3n) is 14.6. The summed E-state index contributed by atoms with van der Waals surface area (Å²) < 4.78 is 30.2. The number of benzene rings is 2. The Hall–Kier alpha value is -3.68. The van der Waals surface area contributed by atoms with Gasteiger partial charge in [-0.2, -0.15) is 0 Å². The van der Waals surface area contributed by atoms with Gasteiger partial charge in [-0.15, -0.1) is 0 Å². The standard InChI is InChI=1S/C46H58O11/c1-29-41(49)35(53-5)27-40(54-29)56-34-21-22-42(3)33(26-34)20-23-45(51)36(42)28-37(57-39(48)19-17-32-14-10-7-11-15-32)43(4)44(50,24-25-46(43,45)52)30(2)55-38(47)18-16-31-12-8-6-9-13-31/h6-20,29-30,34-37,40-41,49-52H,21-28H2,1-5H3/t29-,30+,34+,35+,36-,37-,40+,41-,42+,43-,44-,45+,46-/m1/s1. The highest BCUT2D eigenvalue weighted by molar-refractivity contribution is 5.88. The van der Waals surface area contributed by atoms with E-state index in [1.165, 1.54) is 12.2 Å². The molecule has 11 heteroatoms. The Labute approximate surface area is 335 Å². The fraction of sp³-hybridized carbons (Fsp3) is 0.565. The molecule has 1 heterocycles. The summed E-state index contributed by atoms with van der Waals surface area (Å²) in [5.74, 6) is -1.89. The minimum Gasteiger partial charge on any atom is -0.458 e. The fourth-order valence-corrected chi connectivity index (χ4v) is 11.1. The Kier molecular flexibility index (Phi) is 11.5. The molecule has 1 aliphatic heterocycles. The average Bonchev–Trinajstić information content (AvgIpc) is 3.43. The van der Waals surface area contributed by atoms with E-state index < -0.39 is 82.3 Å². The lowest BCUT2D eigenvalue weighted by atomic mass is 9.42. The van der Waals surface area contributed by atoms with E-state index >= 15 is 0 Å². The van der Waals surface area contributed by atoms with E-state index in [9.17, 15) is 30.0 Å². The topological polar surface area (TPSA) is 161 Å². The molecule has 13 atom stereocenters. The van der Waals surface area contributed by atoms with E-state index in [-0.39, 0.29) is 31.8 Å². The van der Waals surface area contributed by atoms with Gasteiger partial charge < -0.3 is 44.1 Å². The van der Waals surface area contributed by atoms with E-state index in [2.05, 4.69) is 6.92 Å². The van der Waals surface area contributed by atoms with Crippen molar-refractivity contribution < 1.29 is 53.7 Å². The van der Waals surface area contributed by atoms with E-state index in [4.69, 9.17) is 23.7 Å². The summed E-state index contributed by atoms with van der Waals surface area (Å²) in [7, 11) is 1.57. The van der Waals surface area contributed by atoms with Gasteiger partial charge in [0.25, 0.3) is 0 Å². The minimum atomic E-state index is -1.95. The zero-order valence-electron chi connectivity index (χ0n) is 33.6. The van der Waals surface area contributed by atoms with Crippen molar-refractivity contribution in [3.8, 4) is 0 Å². The molecule has 0 radical (unpaired) electrons. The summed E-state index contributed by atoms with van der Waals surface area (Å²) in [4.78, 5) is 26.9. The van der Waals surface area contributed by atoms with Crippen LogP contribution in [0.2, 0.25) is 0 Å². The largest absolute Gasteiger partial charge is 0.458 e. The van der Waals surface area contributed by atoms with Crippen LogP contribution in [0.3, 0.4) is 0 Å². The number of aliphatic hydroxyl groups excluding tert-OH is 1. The second-order valence-corrected chi connectivity index (χ2v) is 17.3. The summed E-state index contributed by atoms with van der Waals surface area (Å²) in [5.41, 5.74) is -5.16. The zero-order chi connectivity index (χ0) is 40.8. The van der Waals surface area contributed by atoms with Crippen LogP contribution in [0.25, 0.3) is 12.2 Å². The highest BCUT2D eigenvalue weighted by atomic mass is 16.7. The van der Waals surface area contributed by atoms with Gasteiger partial charge >= 0.3 is 11.9 Å². The normalized spacial score (nSPS) is 40.8. The van der Waals surface area contributed by atoms with E-state index in [1.54, 1.807) is 40.0 Å². The third kappa shape index (κ3) is 7.13. The molecule has 0 aromatic heterocycles. The predicted octanol–water partition coefficient (Wildman–Crippen LogP) is 5.69. The van der Waals surface area contributed by atoms with Crippen LogP contribution < -0.4 is 0 Å². The molecule has 11 nitrogen and oxygen atoms in total. The molecule has 0 amide bonds.